The normalized spacial score (nSPS) is 10.7. The molecule has 0 spiro atoms. The number of aromatic nitrogens is 3. The van der Waals surface area contributed by atoms with Crippen LogP contribution in [0.2, 0.25) is 0 Å². The molecule has 0 atom stereocenters. The summed E-state index contributed by atoms with van der Waals surface area (Å²) < 4.78 is 23.0. The molecule has 2 aromatic carbocycles. The first kappa shape index (κ1) is 20.1. The summed E-state index contributed by atoms with van der Waals surface area (Å²) in [6.45, 7) is 0. The number of rotatable bonds is 7. The van der Waals surface area contributed by atoms with E-state index in [0.717, 1.165) is 5.56 Å². The van der Waals surface area contributed by atoms with E-state index >= 15 is 0 Å². The summed E-state index contributed by atoms with van der Waals surface area (Å²) in [5, 5.41) is 10.6. The lowest BCUT2D eigenvalue weighted by molar-refractivity contribution is 0.0729. The molecule has 0 bridgehead atoms. The van der Waals surface area contributed by atoms with E-state index in [1.54, 1.807) is 42.6 Å². The van der Waals surface area contributed by atoms with E-state index in [1.165, 1.54) is 32.3 Å². The van der Waals surface area contributed by atoms with Crippen molar-refractivity contribution in [2.45, 2.75) is 0 Å². The smallest absolute Gasteiger partial charge is 0.343 e. The van der Waals surface area contributed by atoms with Crippen LogP contribution in [-0.4, -0.2) is 48.4 Å². The highest BCUT2D eigenvalue weighted by atomic mass is 32.1. The topological polar surface area (TPSA) is 100.0 Å². The van der Waals surface area contributed by atoms with Gasteiger partial charge in [0.15, 0.2) is 23.0 Å². The molecule has 0 saturated carbocycles. The Morgan fingerprint density at radius 1 is 1.03 bits per heavy atom. The van der Waals surface area contributed by atoms with Gasteiger partial charge in [-0.2, -0.15) is 14.9 Å². The van der Waals surface area contributed by atoms with E-state index in [0.29, 0.717) is 27.6 Å². The number of H-pyrrole nitrogens is 1. The number of carbonyl (C=O) groups is 1. The van der Waals surface area contributed by atoms with Gasteiger partial charge < -0.3 is 18.9 Å². The predicted octanol–water partition coefficient (Wildman–Crippen LogP) is 3.07. The average molecular weight is 414 g/mol. The lowest BCUT2D eigenvalue weighted by Gasteiger charge is -2.11. The van der Waals surface area contributed by atoms with Crippen LogP contribution < -0.4 is 18.9 Å². The highest BCUT2D eigenvalue weighted by Crippen LogP contribution is 2.31. The van der Waals surface area contributed by atoms with E-state index in [9.17, 15) is 4.79 Å². The van der Waals surface area contributed by atoms with Gasteiger partial charge in [0.2, 0.25) is 4.77 Å². The van der Waals surface area contributed by atoms with Gasteiger partial charge in [0.25, 0.3) is 0 Å². The number of hydrogen-bond acceptors (Lipinski definition) is 8. The predicted molar refractivity (Wildman–Crippen MR) is 108 cm³/mol. The molecule has 0 unspecified atom stereocenters. The second kappa shape index (κ2) is 9.02. The highest BCUT2D eigenvalue weighted by Gasteiger charge is 2.15. The van der Waals surface area contributed by atoms with Crippen molar-refractivity contribution in [3.63, 3.8) is 0 Å². The quantitative estimate of drug-likeness (QED) is 0.274. The second-order valence-corrected chi connectivity index (χ2v) is 6.01. The van der Waals surface area contributed by atoms with E-state index in [1.807, 2.05) is 0 Å². The summed E-state index contributed by atoms with van der Waals surface area (Å²) in [5.74, 6) is 1.03. The molecule has 1 heterocycles. The fourth-order valence-corrected chi connectivity index (χ4v) is 2.57. The van der Waals surface area contributed by atoms with Crippen LogP contribution in [-0.2, 0) is 0 Å². The molecule has 0 radical (unpaired) electrons. The Hall–Kier alpha value is -3.66. The van der Waals surface area contributed by atoms with Gasteiger partial charge in [-0.15, -0.1) is 0 Å². The summed E-state index contributed by atoms with van der Waals surface area (Å²) in [4.78, 5) is 12.5. The number of aromatic amines is 1. The molecule has 9 nitrogen and oxygen atoms in total. The van der Waals surface area contributed by atoms with Crippen molar-refractivity contribution >= 4 is 24.4 Å². The Kier molecular flexibility index (Phi) is 6.25. The number of carbonyl (C=O) groups excluding carboxylic acids is 1. The van der Waals surface area contributed by atoms with Gasteiger partial charge in [-0.1, -0.05) is 0 Å². The summed E-state index contributed by atoms with van der Waals surface area (Å²) in [6, 6.07) is 9.80. The van der Waals surface area contributed by atoms with Crippen LogP contribution in [0, 0.1) is 4.77 Å². The van der Waals surface area contributed by atoms with Crippen LogP contribution in [0.3, 0.4) is 0 Å². The van der Waals surface area contributed by atoms with Crippen molar-refractivity contribution in [3.05, 3.63) is 58.6 Å². The Morgan fingerprint density at radius 3 is 2.38 bits per heavy atom. The molecule has 0 aliphatic carbocycles. The number of nitrogens with one attached hydrogen (secondary N) is 1. The lowest BCUT2D eigenvalue weighted by atomic mass is 10.2. The summed E-state index contributed by atoms with van der Waals surface area (Å²) in [5.41, 5.74) is 1.03. The SMILES string of the molecule is COc1ccc(C(=O)Oc2ccc(/C=N\n3cn[nH]c3=S)cc2OC)cc1OC. The summed E-state index contributed by atoms with van der Waals surface area (Å²) in [6.07, 6.45) is 3.03. The first-order chi connectivity index (χ1) is 14.0. The van der Waals surface area contributed by atoms with Gasteiger partial charge in [-0.25, -0.2) is 4.79 Å². The first-order valence-corrected chi connectivity index (χ1v) is 8.75. The van der Waals surface area contributed by atoms with Gasteiger partial charge in [-0.3, -0.25) is 5.10 Å². The Bertz CT molecular complexity index is 1110. The van der Waals surface area contributed by atoms with E-state index < -0.39 is 5.97 Å². The van der Waals surface area contributed by atoms with Crippen LogP contribution in [0.4, 0.5) is 0 Å². The summed E-state index contributed by atoms with van der Waals surface area (Å²) >= 11 is 5.03. The number of benzene rings is 2. The summed E-state index contributed by atoms with van der Waals surface area (Å²) in [7, 11) is 4.50. The van der Waals surface area contributed by atoms with Crippen molar-refractivity contribution in [2.24, 2.45) is 5.10 Å². The zero-order valence-electron chi connectivity index (χ0n) is 15.9. The minimum absolute atomic E-state index is 0.268. The number of methoxy groups -OCH3 is 3. The third-order valence-electron chi connectivity index (χ3n) is 3.88. The molecule has 10 heteroatoms. The van der Waals surface area contributed by atoms with Crippen LogP contribution in [0.1, 0.15) is 15.9 Å². The van der Waals surface area contributed by atoms with Crippen molar-refractivity contribution < 1.29 is 23.7 Å². The third kappa shape index (κ3) is 4.61. The van der Waals surface area contributed by atoms with Crippen molar-refractivity contribution in [2.75, 3.05) is 21.3 Å². The maximum atomic E-state index is 12.5. The minimum Gasteiger partial charge on any atom is -0.493 e. The van der Waals surface area contributed by atoms with Crippen LogP contribution in [0.25, 0.3) is 0 Å². The number of nitrogens with zero attached hydrogens (tertiary/aromatic N) is 3. The minimum atomic E-state index is -0.560. The molecule has 150 valence electrons. The molecule has 0 saturated heterocycles. The molecule has 29 heavy (non-hydrogen) atoms. The molecule has 3 rings (SSSR count). The fraction of sp³-hybridized carbons (Fsp3) is 0.158. The van der Waals surface area contributed by atoms with Crippen LogP contribution in [0.15, 0.2) is 47.8 Å². The van der Waals surface area contributed by atoms with Gasteiger partial charge >= 0.3 is 5.97 Å². The van der Waals surface area contributed by atoms with E-state index in [-0.39, 0.29) is 5.75 Å². The molecule has 1 aromatic heterocycles. The Labute approximate surface area is 171 Å². The van der Waals surface area contributed by atoms with Gasteiger partial charge in [-0.05, 0) is 54.2 Å². The number of esters is 1. The molecule has 0 aliphatic heterocycles. The lowest BCUT2D eigenvalue weighted by Crippen LogP contribution is -2.10. The first-order valence-electron chi connectivity index (χ1n) is 8.34. The zero-order chi connectivity index (χ0) is 20.8. The highest BCUT2D eigenvalue weighted by molar-refractivity contribution is 7.71. The van der Waals surface area contributed by atoms with Crippen LogP contribution in [0.5, 0.6) is 23.0 Å². The van der Waals surface area contributed by atoms with Gasteiger partial charge in [0, 0.05) is 0 Å². The molecule has 0 amide bonds. The molecular formula is C19H18N4O5S. The monoisotopic (exact) mass is 414 g/mol. The zero-order valence-corrected chi connectivity index (χ0v) is 16.7. The second-order valence-electron chi connectivity index (χ2n) is 5.62. The van der Waals surface area contributed by atoms with Crippen molar-refractivity contribution in [3.8, 4) is 23.0 Å². The van der Waals surface area contributed by atoms with Crippen molar-refractivity contribution in [1.29, 1.82) is 0 Å². The standard InChI is InChI=1S/C19H18N4O5S/c1-25-14-7-5-13(9-17(14)27-3)18(24)28-15-6-4-12(8-16(15)26-2)10-21-23-11-20-22-19(23)29/h4-11H,1-3H3,(H,22,29)/b21-10-. The fourth-order valence-electron chi connectivity index (χ4n) is 2.42. The molecular weight excluding hydrogens is 396 g/mol. The molecule has 3 aromatic rings. The van der Waals surface area contributed by atoms with E-state index in [4.69, 9.17) is 31.2 Å². The molecule has 1 N–H and O–H groups in total. The third-order valence-corrected chi connectivity index (χ3v) is 4.15. The van der Waals surface area contributed by atoms with Gasteiger partial charge in [0.05, 0.1) is 33.1 Å². The van der Waals surface area contributed by atoms with Crippen LogP contribution >= 0.6 is 12.2 Å². The number of hydrogen-bond donors (Lipinski definition) is 1. The van der Waals surface area contributed by atoms with Crippen molar-refractivity contribution in [1.82, 2.24) is 14.9 Å². The Morgan fingerprint density at radius 2 is 1.72 bits per heavy atom. The molecule has 0 aliphatic rings. The average Bonchev–Trinajstić information content (AvgIpc) is 3.16. The van der Waals surface area contributed by atoms with E-state index in [2.05, 4.69) is 15.3 Å². The number of ether oxygens (including phenoxy) is 4. The molecule has 0 fully saturated rings. The maximum absolute atomic E-state index is 12.5. The van der Waals surface area contributed by atoms with Gasteiger partial charge in [0.1, 0.15) is 6.33 Å². The maximum Gasteiger partial charge on any atom is 0.343 e. The Balaban J connectivity index is 1.80. The largest absolute Gasteiger partial charge is 0.493 e.